The highest BCUT2D eigenvalue weighted by Crippen LogP contribution is 2.27. The first kappa shape index (κ1) is 15.1. The summed E-state index contributed by atoms with van der Waals surface area (Å²) in [4.78, 5) is 4.52. The minimum Gasteiger partial charge on any atom is -0.492 e. The van der Waals surface area contributed by atoms with E-state index < -0.39 is 0 Å². The number of anilines is 1. The molecule has 0 aromatic heterocycles. The molecule has 4 nitrogen and oxygen atoms in total. The van der Waals surface area contributed by atoms with Gasteiger partial charge in [0.25, 0.3) is 0 Å². The molecule has 1 heterocycles. The molecule has 1 fully saturated rings. The summed E-state index contributed by atoms with van der Waals surface area (Å²) in [6.45, 7) is 5.87. The summed E-state index contributed by atoms with van der Waals surface area (Å²) in [6, 6.07) is 6.67. The number of aryl methyl sites for hydroxylation is 1. The highest BCUT2D eigenvalue weighted by molar-refractivity contribution is 5.56. The minimum absolute atomic E-state index is 0.305. The molecule has 20 heavy (non-hydrogen) atoms. The Hall–Kier alpha value is -1.26. The summed E-state index contributed by atoms with van der Waals surface area (Å²) in [5.74, 6) is 0.953. The molecule has 1 aliphatic rings. The van der Waals surface area contributed by atoms with Crippen LogP contribution in [-0.4, -0.2) is 51.3 Å². The molecule has 1 unspecified atom stereocenters. The number of hydrogen-bond acceptors (Lipinski definition) is 4. The van der Waals surface area contributed by atoms with Crippen molar-refractivity contribution in [3.05, 3.63) is 23.8 Å². The number of benzene rings is 1. The average molecular weight is 277 g/mol. The number of nitrogens with two attached hydrogens (primary N) is 1. The topological polar surface area (TPSA) is 41.7 Å². The van der Waals surface area contributed by atoms with Crippen LogP contribution < -0.4 is 15.4 Å². The van der Waals surface area contributed by atoms with Gasteiger partial charge in [-0.15, -0.1) is 0 Å². The second-order valence-electron chi connectivity index (χ2n) is 5.95. The van der Waals surface area contributed by atoms with Gasteiger partial charge in [0.15, 0.2) is 0 Å². The van der Waals surface area contributed by atoms with Gasteiger partial charge in [0.05, 0.1) is 0 Å². The number of likely N-dealkylation sites (N-methyl/N-ethyl adjacent to an activating group) is 1. The number of ether oxygens (including phenoxy) is 1. The molecular formula is C16H27N3O. The summed E-state index contributed by atoms with van der Waals surface area (Å²) in [6.07, 6.45) is 2.32. The minimum atomic E-state index is 0.305. The van der Waals surface area contributed by atoms with Crippen molar-refractivity contribution in [2.24, 2.45) is 5.73 Å². The maximum Gasteiger partial charge on any atom is 0.119 e. The fourth-order valence-electron chi connectivity index (χ4n) is 2.65. The maximum absolute atomic E-state index is 6.07. The lowest BCUT2D eigenvalue weighted by molar-refractivity contribution is 0.261. The van der Waals surface area contributed by atoms with Gasteiger partial charge in [-0.25, -0.2) is 0 Å². The molecule has 112 valence electrons. The summed E-state index contributed by atoms with van der Waals surface area (Å²) in [5.41, 5.74) is 8.62. The largest absolute Gasteiger partial charge is 0.492 e. The maximum atomic E-state index is 6.07. The lowest BCUT2D eigenvalue weighted by Gasteiger charge is -2.33. The Bertz CT molecular complexity index is 434. The molecule has 0 amide bonds. The number of piperidine rings is 1. The fourth-order valence-corrected chi connectivity index (χ4v) is 2.65. The summed E-state index contributed by atoms with van der Waals surface area (Å²) in [5, 5.41) is 0. The number of hydrogen-bond donors (Lipinski definition) is 1. The van der Waals surface area contributed by atoms with Crippen molar-refractivity contribution in [3.8, 4) is 5.75 Å². The third-order valence-electron chi connectivity index (χ3n) is 3.77. The monoisotopic (exact) mass is 277 g/mol. The zero-order valence-electron chi connectivity index (χ0n) is 12.9. The van der Waals surface area contributed by atoms with Crippen LogP contribution in [-0.2, 0) is 0 Å². The van der Waals surface area contributed by atoms with Crippen molar-refractivity contribution in [2.45, 2.75) is 25.8 Å². The van der Waals surface area contributed by atoms with E-state index in [0.29, 0.717) is 6.04 Å². The molecule has 1 aromatic rings. The second-order valence-corrected chi connectivity index (χ2v) is 5.95. The van der Waals surface area contributed by atoms with Gasteiger partial charge in [0.1, 0.15) is 12.4 Å². The third-order valence-corrected chi connectivity index (χ3v) is 3.77. The van der Waals surface area contributed by atoms with E-state index >= 15 is 0 Å². The van der Waals surface area contributed by atoms with Crippen molar-refractivity contribution in [3.63, 3.8) is 0 Å². The summed E-state index contributed by atoms with van der Waals surface area (Å²) < 4.78 is 5.78. The van der Waals surface area contributed by atoms with Crippen LogP contribution in [0.25, 0.3) is 0 Å². The number of nitrogens with zero attached hydrogens (tertiary/aromatic N) is 2. The predicted octanol–water partition coefficient (Wildman–Crippen LogP) is 1.86. The van der Waals surface area contributed by atoms with Crippen LogP contribution in [0.1, 0.15) is 18.4 Å². The molecule has 1 aromatic carbocycles. The van der Waals surface area contributed by atoms with E-state index in [9.17, 15) is 0 Å². The molecule has 2 N–H and O–H groups in total. The van der Waals surface area contributed by atoms with Crippen LogP contribution in [0.15, 0.2) is 18.2 Å². The Labute approximate surface area is 122 Å². The molecule has 1 aliphatic heterocycles. The van der Waals surface area contributed by atoms with E-state index in [1.165, 1.54) is 17.7 Å². The first-order valence-corrected chi connectivity index (χ1v) is 7.45. The molecule has 1 saturated heterocycles. The molecule has 0 saturated carbocycles. The van der Waals surface area contributed by atoms with Crippen molar-refractivity contribution in [1.29, 1.82) is 0 Å². The molecule has 1 atom stereocenters. The first-order chi connectivity index (χ1) is 9.56. The highest BCUT2D eigenvalue weighted by Gasteiger charge is 2.18. The Morgan fingerprint density at radius 3 is 2.85 bits per heavy atom. The van der Waals surface area contributed by atoms with Gasteiger partial charge in [0.2, 0.25) is 0 Å². The van der Waals surface area contributed by atoms with Gasteiger partial charge in [-0.05, 0) is 57.6 Å². The van der Waals surface area contributed by atoms with Gasteiger partial charge in [-0.2, -0.15) is 0 Å². The Kier molecular flexibility index (Phi) is 5.26. The number of rotatable bonds is 5. The molecule has 0 aliphatic carbocycles. The lowest BCUT2D eigenvalue weighted by Crippen LogP contribution is -2.43. The Morgan fingerprint density at radius 1 is 1.40 bits per heavy atom. The second kappa shape index (κ2) is 6.95. The first-order valence-electron chi connectivity index (χ1n) is 7.45. The van der Waals surface area contributed by atoms with E-state index in [0.717, 1.165) is 38.4 Å². The normalized spacial score (nSPS) is 19.4. The molecule has 2 rings (SSSR count). The van der Waals surface area contributed by atoms with E-state index in [-0.39, 0.29) is 0 Å². The molecular weight excluding hydrogens is 250 g/mol. The Balaban J connectivity index is 1.98. The SMILES string of the molecule is Cc1cc(OCCN(C)C)ccc1N1CCCC(N)C1. The van der Waals surface area contributed by atoms with Crippen LogP contribution in [0.4, 0.5) is 5.69 Å². The smallest absolute Gasteiger partial charge is 0.119 e. The van der Waals surface area contributed by atoms with E-state index in [1.807, 2.05) is 0 Å². The molecule has 4 heteroatoms. The Morgan fingerprint density at radius 2 is 2.20 bits per heavy atom. The van der Waals surface area contributed by atoms with Crippen LogP contribution in [0, 0.1) is 6.92 Å². The van der Waals surface area contributed by atoms with Gasteiger partial charge >= 0.3 is 0 Å². The van der Waals surface area contributed by atoms with Crippen LogP contribution >= 0.6 is 0 Å². The van der Waals surface area contributed by atoms with E-state index in [1.54, 1.807) is 0 Å². The molecule has 0 bridgehead atoms. The fraction of sp³-hybridized carbons (Fsp3) is 0.625. The summed E-state index contributed by atoms with van der Waals surface area (Å²) in [7, 11) is 4.11. The highest BCUT2D eigenvalue weighted by atomic mass is 16.5. The van der Waals surface area contributed by atoms with Crippen molar-refractivity contribution < 1.29 is 4.74 Å². The van der Waals surface area contributed by atoms with Crippen LogP contribution in [0.5, 0.6) is 5.75 Å². The summed E-state index contributed by atoms with van der Waals surface area (Å²) >= 11 is 0. The zero-order valence-corrected chi connectivity index (χ0v) is 12.9. The van der Waals surface area contributed by atoms with Gasteiger partial charge < -0.3 is 20.3 Å². The van der Waals surface area contributed by atoms with E-state index in [4.69, 9.17) is 10.5 Å². The van der Waals surface area contributed by atoms with Gasteiger partial charge in [-0.1, -0.05) is 0 Å². The van der Waals surface area contributed by atoms with Crippen molar-refractivity contribution >= 4 is 5.69 Å². The van der Waals surface area contributed by atoms with Crippen LogP contribution in [0.3, 0.4) is 0 Å². The van der Waals surface area contributed by atoms with Crippen molar-refractivity contribution in [2.75, 3.05) is 45.2 Å². The average Bonchev–Trinajstić information content (AvgIpc) is 2.38. The molecule has 0 radical (unpaired) electrons. The predicted molar refractivity (Wildman–Crippen MR) is 84.7 cm³/mol. The van der Waals surface area contributed by atoms with Crippen LogP contribution in [0.2, 0.25) is 0 Å². The van der Waals surface area contributed by atoms with Crippen molar-refractivity contribution in [1.82, 2.24) is 4.90 Å². The van der Waals surface area contributed by atoms with Gasteiger partial charge in [0, 0.05) is 31.4 Å². The van der Waals surface area contributed by atoms with E-state index in [2.05, 4.69) is 49.0 Å². The van der Waals surface area contributed by atoms with Gasteiger partial charge in [-0.3, -0.25) is 0 Å². The lowest BCUT2D eigenvalue weighted by atomic mass is 10.0. The third kappa shape index (κ3) is 4.12. The zero-order chi connectivity index (χ0) is 14.5. The molecule has 0 spiro atoms. The quantitative estimate of drug-likeness (QED) is 0.892. The standard InChI is InChI=1S/C16H27N3O/c1-13-11-15(20-10-9-18(2)3)6-7-16(13)19-8-4-5-14(17)12-19/h6-7,11,14H,4-5,8-10,12,17H2,1-3H3.